The van der Waals surface area contributed by atoms with Crippen LogP contribution in [0.3, 0.4) is 0 Å². The van der Waals surface area contributed by atoms with Gasteiger partial charge >= 0.3 is 0 Å². The van der Waals surface area contributed by atoms with Crippen molar-refractivity contribution in [3.63, 3.8) is 0 Å². The summed E-state index contributed by atoms with van der Waals surface area (Å²) in [4.78, 5) is 23.9. The van der Waals surface area contributed by atoms with Crippen LogP contribution in [0.2, 0.25) is 0 Å². The average Bonchev–Trinajstić information content (AvgIpc) is 2.56. The number of anilines is 2. The van der Waals surface area contributed by atoms with E-state index in [1.54, 1.807) is 6.07 Å². The number of carbonyl (C=O) groups excluding carboxylic acids is 1. The molecule has 2 aromatic heterocycles. The Balaban J connectivity index is 1.64. The molecule has 0 aliphatic carbocycles. The summed E-state index contributed by atoms with van der Waals surface area (Å²) in [6.07, 6.45) is 5.16. The molecule has 6 heteroatoms. The Labute approximate surface area is 123 Å². The zero-order valence-corrected chi connectivity index (χ0v) is 11.6. The first kappa shape index (κ1) is 13.4. The highest BCUT2D eigenvalue weighted by Crippen LogP contribution is 2.18. The molecule has 1 saturated heterocycles. The van der Waals surface area contributed by atoms with E-state index in [9.17, 15) is 4.79 Å². The lowest BCUT2D eigenvalue weighted by Gasteiger charge is -2.36. The Kier molecular flexibility index (Phi) is 3.68. The fraction of sp³-hybridized carbons (Fsp3) is 0.267. The van der Waals surface area contributed by atoms with Crippen LogP contribution in [0.4, 0.5) is 11.5 Å². The van der Waals surface area contributed by atoms with Crippen molar-refractivity contribution in [3.05, 3.63) is 48.4 Å². The van der Waals surface area contributed by atoms with Crippen LogP contribution in [0, 0.1) is 0 Å². The molecule has 0 aromatic carbocycles. The monoisotopic (exact) mass is 283 g/mol. The molecule has 0 spiro atoms. The number of aromatic nitrogens is 2. The maximum atomic E-state index is 11.0. The SMILES string of the molecule is NC(=O)c1ccc(N2CCN(c3ccncc3)CC2)nc1. The summed E-state index contributed by atoms with van der Waals surface area (Å²) in [5.74, 6) is 0.436. The number of hydrogen-bond donors (Lipinski definition) is 1. The van der Waals surface area contributed by atoms with Gasteiger partial charge in [0.25, 0.3) is 0 Å². The standard InChI is InChI=1S/C15H17N5O/c16-15(21)12-1-2-14(18-11-12)20-9-7-19(8-10-20)13-3-5-17-6-4-13/h1-6,11H,7-10H2,(H2,16,21). The van der Waals surface area contributed by atoms with Crippen molar-refractivity contribution in [2.45, 2.75) is 0 Å². The van der Waals surface area contributed by atoms with Crippen LogP contribution in [-0.2, 0) is 0 Å². The van der Waals surface area contributed by atoms with Crippen molar-refractivity contribution >= 4 is 17.4 Å². The van der Waals surface area contributed by atoms with E-state index >= 15 is 0 Å². The lowest BCUT2D eigenvalue weighted by atomic mass is 10.2. The predicted molar refractivity (Wildman–Crippen MR) is 81.4 cm³/mol. The molecule has 0 bridgehead atoms. The van der Waals surface area contributed by atoms with E-state index in [-0.39, 0.29) is 0 Å². The smallest absolute Gasteiger partial charge is 0.250 e. The molecule has 3 rings (SSSR count). The summed E-state index contributed by atoms with van der Waals surface area (Å²) in [5.41, 5.74) is 6.86. The third-order valence-electron chi connectivity index (χ3n) is 3.66. The van der Waals surface area contributed by atoms with Crippen molar-refractivity contribution in [3.8, 4) is 0 Å². The van der Waals surface area contributed by atoms with Crippen molar-refractivity contribution in [2.24, 2.45) is 5.73 Å². The molecular formula is C15H17N5O. The van der Waals surface area contributed by atoms with Gasteiger partial charge in [0.05, 0.1) is 5.56 Å². The molecule has 6 nitrogen and oxygen atoms in total. The normalized spacial score (nSPS) is 15.0. The molecule has 1 amide bonds. The second-order valence-electron chi connectivity index (χ2n) is 4.95. The highest BCUT2D eigenvalue weighted by atomic mass is 16.1. The minimum atomic E-state index is -0.448. The quantitative estimate of drug-likeness (QED) is 0.906. The molecule has 0 unspecified atom stereocenters. The van der Waals surface area contributed by atoms with Crippen molar-refractivity contribution < 1.29 is 4.79 Å². The Bertz CT molecular complexity index is 606. The van der Waals surface area contributed by atoms with Crippen LogP contribution in [0.5, 0.6) is 0 Å². The number of nitrogens with two attached hydrogens (primary N) is 1. The molecule has 0 saturated carbocycles. The van der Waals surface area contributed by atoms with Gasteiger partial charge < -0.3 is 15.5 Å². The number of nitrogens with zero attached hydrogens (tertiary/aromatic N) is 4. The van der Waals surface area contributed by atoms with Gasteiger partial charge in [-0.1, -0.05) is 0 Å². The highest BCUT2D eigenvalue weighted by Gasteiger charge is 2.18. The van der Waals surface area contributed by atoms with Gasteiger partial charge in [-0.15, -0.1) is 0 Å². The minimum absolute atomic E-state index is 0.439. The number of amides is 1. The number of primary amides is 1. The average molecular weight is 283 g/mol. The maximum Gasteiger partial charge on any atom is 0.250 e. The van der Waals surface area contributed by atoms with Crippen LogP contribution >= 0.6 is 0 Å². The molecule has 1 fully saturated rings. The Morgan fingerprint density at radius 2 is 1.67 bits per heavy atom. The summed E-state index contributed by atoms with van der Waals surface area (Å²) in [7, 11) is 0. The maximum absolute atomic E-state index is 11.0. The molecule has 3 heterocycles. The zero-order valence-electron chi connectivity index (χ0n) is 11.6. The molecule has 2 aromatic rings. The number of pyridine rings is 2. The van der Waals surface area contributed by atoms with E-state index in [2.05, 4.69) is 19.8 Å². The summed E-state index contributed by atoms with van der Waals surface area (Å²) in [6, 6.07) is 7.62. The van der Waals surface area contributed by atoms with Gasteiger partial charge in [0.2, 0.25) is 5.91 Å². The fourth-order valence-corrected chi connectivity index (χ4v) is 2.47. The first-order chi connectivity index (χ1) is 10.2. The topological polar surface area (TPSA) is 75.4 Å². The predicted octanol–water partition coefficient (Wildman–Crippen LogP) is 0.902. The van der Waals surface area contributed by atoms with E-state index in [1.807, 2.05) is 30.6 Å². The molecule has 21 heavy (non-hydrogen) atoms. The Hall–Kier alpha value is -2.63. The molecule has 1 aliphatic heterocycles. The first-order valence-corrected chi connectivity index (χ1v) is 6.90. The van der Waals surface area contributed by atoms with E-state index in [0.29, 0.717) is 5.56 Å². The Morgan fingerprint density at radius 3 is 2.24 bits per heavy atom. The summed E-state index contributed by atoms with van der Waals surface area (Å²) < 4.78 is 0. The minimum Gasteiger partial charge on any atom is -0.368 e. The molecule has 108 valence electrons. The first-order valence-electron chi connectivity index (χ1n) is 6.90. The van der Waals surface area contributed by atoms with Crippen molar-refractivity contribution in [1.82, 2.24) is 9.97 Å². The van der Waals surface area contributed by atoms with Crippen LogP contribution in [0.15, 0.2) is 42.9 Å². The van der Waals surface area contributed by atoms with Crippen LogP contribution in [0.25, 0.3) is 0 Å². The van der Waals surface area contributed by atoms with Crippen LogP contribution < -0.4 is 15.5 Å². The van der Waals surface area contributed by atoms with Gasteiger partial charge in [-0.3, -0.25) is 9.78 Å². The van der Waals surface area contributed by atoms with Gasteiger partial charge in [-0.25, -0.2) is 4.98 Å². The molecule has 0 atom stereocenters. The highest BCUT2D eigenvalue weighted by molar-refractivity contribution is 5.92. The molecule has 0 radical (unpaired) electrons. The second kappa shape index (κ2) is 5.78. The van der Waals surface area contributed by atoms with Gasteiger partial charge in [-0.2, -0.15) is 0 Å². The van der Waals surface area contributed by atoms with Gasteiger partial charge in [0.1, 0.15) is 5.82 Å². The van der Waals surface area contributed by atoms with Crippen LogP contribution in [-0.4, -0.2) is 42.1 Å². The molecule has 1 aliphatic rings. The largest absolute Gasteiger partial charge is 0.368 e. The van der Waals surface area contributed by atoms with E-state index < -0.39 is 5.91 Å². The van der Waals surface area contributed by atoms with E-state index in [0.717, 1.165) is 32.0 Å². The molecular weight excluding hydrogens is 266 g/mol. The number of hydrogen-bond acceptors (Lipinski definition) is 5. The number of carbonyl (C=O) groups is 1. The van der Waals surface area contributed by atoms with Crippen molar-refractivity contribution in [1.29, 1.82) is 0 Å². The van der Waals surface area contributed by atoms with E-state index in [1.165, 1.54) is 11.9 Å². The van der Waals surface area contributed by atoms with Crippen molar-refractivity contribution in [2.75, 3.05) is 36.0 Å². The zero-order chi connectivity index (χ0) is 14.7. The van der Waals surface area contributed by atoms with E-state index in [4.69, 9.17) is 5.73 Å². The molecule has 2 N–H and O–H groups in total. The Morgan fingerprint density at radius 1 is 1.00 bits per heavy atom. The fourth-order valence-electron chi connectivity index (χ4n) is 2.47. The lowest BCUT2D eigenvalue weighted by Crippen LogP contribution is -2.46. The summed E-state index contributed by atoms with van der Waals surface area (Å²) in [5, 5.41) is 0. The van der Waals surface area contributed by atoms with Crippen LogP contribution in [0.1, 0.15) is 10.4 Å². The van der Waals surface area contributed by atoms with Gasteiger partial charge in [0.15, 0.2) is 0 Å². The number of rotatable bonds is 3. The third-order valence-corrected chi connectivity index (χ3v) is 3.66. The van der Waals surface area contributed by atoms with Gasteiger partial charge in [-0.05, 0) is 24.3 Å². The number of piperazine rings is 1. The van der Waals surface area contributed by atoms with Gasteiger partial charge in [0, 0.05) is 50.5 Å². The second-order valence-corrected chi connectivity index (χ2v) is 4.95. The lowest BCUT2D eigenvalue weighted by molar-refractivity contribution is 0.1000. The summed E-state index contributed by atoms with van der Waals surface area (Å²) in [6.45, 7) is 3.66. The summed E-state index contributed by atoms with van der Waals surface area (Å²) >= 11 is 0. The third kappa shape index (κ3) is 2.94.